The van der Waals surface area contributed by atoms with E-state index in [1.807, 2.05) is 19.2 Å². The highest BCUT2D eigenvalue weighted by molar-refractivity contribution is 5.79. The summed E-state index contributed by atoms with van der Waals surface area (Å²) >= 11 is 0. The number of nitrogens with one attached hydrogen (secondary N) is 1. The number of aryl methyl sites for hydroxylation is 1. The van der Waals surface area contributed by atoms with Crippen LogP contribution in [0.2, 0.25) is 0 Å². The van der Waals surface area contributed by atoms with Gasteiger partial charge in [0.25, 0.3) is 0 Å². The lowest BCUT2D eigenvalue weighted by Gasteiger charge is -2.23. The maximum atomic E-state index is 6.00. The number of likely N-dealkylation sites (N-methyl/N-ethyl adjacent to an activating group) is 1. The van der Waals surface area contributed by atoms with Crippen LogP contribution in [0.15, 0.2) is 53.5 Å². The summed E-state index contributed by atoms with van der Waals surface area (Å²) in [6.45, 7) is 6.41. The number of hydrogen-bond acceptors (Lipinski definition) is 4. The van der Waals surface area contributed by atoms with Gasteiger partial charge in [0, 0.05) is 33.9 Å². The van der Waals surface area contributed by atoms with Gasteiger partial charge in [0.15, 0.2) is 5.96 Å². The van der Waals surface area contributed by atoms with Crippen LogP contribution in [0.5, 0.6) is 5.75 Å². The molecule has 31 heavy (non-hydrogen) atoms. The van der Waals surface area contributed by atoms with E-state index in [4.69, 9.17) is 14.2 Å². The van der Waals surface area contributed by atoms with E-state index in [9.17, 15) is 0 Å². The van der Waals surface area contributed by atoms with Crippen LogP contribution >= 0.6 is 0 Å². The standard InChI is InChI=1S/C25H35N3O3/c1-20-4-10-23(11-5-20)30-17-14-28(3)25(26-2)27-18-21-6-8-22(9-7-21)19-31-24-12-15-29-16-13-24/h4-11,24H,12-19H2,1-3H3,(H,26,27). The fourth-order valence-corrected chi connectivity index (χ4v) is 3.42. The number of benzene rings is 2. The van der Waals surface area contributed by atoms with Gasteiger partial charge in [-0.3, -0.25) is 4.99 Å². The summed E-state index contributed by atoms with van der Waals surface area (Å²) < 4.78 is 17.2. The van der Waals surface area contributed by atoms with Gasteiger partial charge in [0.05, 0.1) is 19.3 Å². The largest absolute Gasteiger partial charge is 0.492 e. The highest BCUT2D eigenvalue weighted by Gasteiger charge is 2.14. The SMILES string of the molecule is CN=C(NCc1ccc(COC2CCOCC2)cc1)N(C)CCOc1ccc(C)cc1. The van der Waals surface area contributed by atoms with Gasteiger partial charge in [0.2, 0.25) is 0 Å². The molecule has 3 rings (SSSR count). The summed E-state index contributed by atoms with van der Waals surface area (Å²) in [4.78, 5) is 6.46. The average Bonchev–Trinajstić information content (AvgIpc) is 2.81. The predicted molar refractivity (Wildman–Crippen MR) is 125 cm³/mol. The van der Waals surface area contributed by atoms with Crippen LogP contribution in [-0.2, 0) is 22.6 Å². The van der Waals surface area contributed by atoms with Crippen molar-refractivity contribution in [3.8, 4) is 5.75 Å². The summed E-state index contributed by atoms with van der Waals surface area (Å²) in [6, 6.07) is 16.7. The van der Waals surface area contributed by atoms with Gasteiger partial charge >= 0.3 is 0 Å². The Balaban J connectivity index is 1.38. The van der Waals surface area contributed by atoms with Gasteiger partial charge in [-0.25, -0.2) is 0 Å². The zero-order chi connectivity index (χ0) is 21.9. The molecule has 0 radical (unpaired) electrons. The van der Waals surface area contributed by atoms with Crippen molar-refractivity contribution in [1.29, 1.82) is 0 Å². The second-order valence-corrected chi connectivity index (χ2v) is 7.92. The fraction of sp³-hybridized carbons (Fsp3) is 0.480. The lowest BCUT2D eigenvalue weighted by Crippen LogP contribution is -2.40. The summed E-state index contributed by atoms with van der Waals surface area (Å²) in [5, 5.41) is 3.42. The van der Waals surface area contributed by atoms with Crippen LogP contribution in [0.4, 0.5) is 0 Å². The molecule has 2 aromatic carbocycles. The number of nitrogens with zero attached hydrogens (tertiary/aromatic N) is 2. The first kappa shape index (κ1) is 23.1. The van der Waals surface area contributed by atoms with E-state index in [1.165, 1.54) is 16.7 Å². The second kappa shape index (κ2) is 12.3. The minimum absolute atomic E-state index is 0.323. The molecular formula is C25H35N3O3. The van der Waals surface area contributed by atoms with E-state index in [2.05, 4.69) is 58.5 Å². The second-order valence-electron chi connectivity index (χ2n) is 7.92. The first-order valence-electron chi connectivity index (χ1n) is 11.0. The minimum Gasteiger partial charge on any atom is -0.492 e. The van der Waals surface area contributed by atoms with Crippen molar-refractivity contribution in [1.82, 2.24) is 10.2 Å². The molecule has 1 N–H and O–H groups in total. The molecule has 0 aliphatic carbocycles. The Morgan fingerprint density at radius 1 is 1.06 bits per heavy atom. The van der Waals surface area contributed by atoms with Crippen molar-refractivity contribution in [2.75, 3.05) is 40.5 Å². The zero-order valence-corrected chi connectivity index (χ0v) is 19.0. The Morgan fingerprint density at radius 2 is 1.74 bits per heavy atom. The summed E-state index contributed by atoms with van der Waals surface area (Å²) in [7, 11) is 3.82. The van der Waals surface area contributed by atoms with Gasteiger partial charge in [-0.05, 0) is 43.0 Å². The predicted octanol–water partition coefficient (Wildman–Crippen LogP) is 3.78. The molecule has 1 aliphatic rings. The van der Waals surface area contributed by atoms with Crippen LogP contribution in [0.25, 0.3) is 0 Å². The molecule has 0 atom stereocenters. The van der Waals surface area contributed by atoms with Gasteiger partial charge in [-0.15, -0.1) is 0 Å². The summed E-state index contributed by atoms with van der Waals surface area (Å²) in [5.41, 5.74) is 3.64. The Labute approximate surface area is 186 Å². The van der Waals surface area contributed by atoms with Crippen LogP contribution in [0.3, 0.4) is 0 Å². The van der Waals surface area contributed by atoms with Crippen molar-refractivity contribution in [3.05, 3.63) is 65.2 Å². The van der Waals surface area contributed by atoms with Crippen LogP contribution < -0.4 is 10.1 Å². The Hall–Kier alpha value is -2.57. The third-order valence-corrected chi connectivity index (χ3v) is 5.42. The quantitative estimate of drug-likeness (QED) is 0.490. The molecule has 0 unspecified atom stereocenters. The third-order valence-electron chi connectivity index (χ3n) is 5.42. The van der Waals surface area contributed by atoms with Gasteiger partial charge in [0.1, 0.15) is 12.4 Å². The summed E-state index contributed by atoms with van der Waals surface area (Å²) in [6.07, 6.45) is 2.30. The Kier molecular flexibility index (Phi) is 9.18. The minimum atomic E-state index is 0.323. The monoisotopic (exact) mass is 425 g/mol. The van der Waals surface area contributed by atoms with Crippen LogP contribution in [0.1, 0.15) is 29.5 Å². The average molecular weight is 426 g/mol. The fourth-order valence-electron chi connectivity index (χ4n) is 3.42. The molecule has 0 bridgehead atoms. The van der Waals surface area contributed by atoms with E-state index in [0.29, 0.717) is 19.3 Å². The molecule has 6 nitrogen and oxygen atoms in total. The molecule has 0 spiro atoms. The van der Waals surface area contributed by atoms with E-state index >= 15 is 0 Å². The topological polar surface area (TPSA) is 55.3 Å². The molecule has 1 aliphatic heterocycles. The molecule has 6 heteroatoms. The normalized spacial score (nSPS) is 15.0. The maximum Gasteiger partial charge on any atom is 0.193 e. The Bertz CT molecular complexity index is 800. The molecule has 1 saturated heterocycles. The van der Waals surface area contributed by atoms with Crippen LogP contribution in [0, 0.1) is 6.92 Å². The molecule has 1 heterocycles. The van der Waals surface area contributed by atoms with Crippen LogP contribution in [-0.4, -0.2) is 57.4 Å². The number of aliphatic imine (C=N–C) groups is 1. The lowest BCUT2D eigenvalue weighted by atomic mass is 10.1. The molecule has 1 fully saturated rings. The number of hydrogen-bond donors (Lipinski definition) is 1. The number of ether oxygens (including phenoxy) is 3. The first-order valence-corrected chi connectivity index (χ1v) is 11.0. The van der Waals surface area contributed by atoms with Crippen molar-refractivity contribution < 1.29 is 14.2 Å². The zero-order valence-electron chi connectivity index (χ0n) is 19.0. The molecule has 0 saturated carbocycles. The van der Waals surface area contributed by atoms with Crippen molar-refractivity contribution in [3.63, 3.8) is 0 Å². The highest BCUT2D eigenvalue weighted by atomic mass is 16.5. The van der Waals surface area contributed by atoms with Crippen molar-refractivity contribution in [2.24, 2.45) is 4.99 Å². The van der Waals surface area contributed by atoms with Crippen molar-refractivity contribution in [2.45, 2.75) is 39.0 Å². The summed E-state index contributed by atoms with van der Waals surface area (Å²) in [5.74, 6) is 1.74. The van der Waals surface area contributed by atoms with Crippen molar-refractivity contribution >= 4 is 5.96 Å². The smallest absolute Gasteiger partial charge is 0.193 e. The van der Waals surface area contributed by atoms with E-state index in [0.717, 1.165) is 50.9 Å². The lowest BCUT2D eigenvalue weighted by molar-refractivity contribution is -0.0390. The number of rotatable bonds is 9. The van der Waals surface area contributed by atoms with E-state index < -0.39 is 0 Å². The maximum absolute atomic E-state index is 6.00. The molecule has 2 aromatic rings. The molecular weight excluding hydrogens is 390 g/mol. The van der Waals surface area contributed by atoms with E-state index in [1.54, 1.807) is 7.05 Å². The Morgan fingerprint density at radius 3 is 2.42 bits per heavy atom. The van der Waals surface area contributed by atoms with Gasteiger partial charge in [-0.1, -0.05) is 42.0 Å². The molecule has 168 valence electrons. The van der Waals surface area contributed by atoms with Gasteiger partial charge in [-0.2, -0.15) is 0 Å². The van der Waals surface area contributed by atoms with Gasteiger partial charge < -0.3 is 24.4 Å². The van der Waals surface area contributed by atoms with E-state index in [-0.39, 0.29) is 0 Å². The molecule has 0 amide bonds. The number of guanidine groups is 1. The third kappa shape index (κ3) is 7.89. The highest BCUT2D eigenvalue weighted by Crippen LogP contribution is 2.14. The molecule has 0 aromatic heterocycles. The first-order chi connectivity index (χ1) is 15.1.